The molecule has 0 aliphatic rings. The van der Waals surface area contributed by atoms with Crippen LogP contribution in [0.5, 0.6) is 11.5 Å². The van der Waals surface area contributed by atoms with Gasteiger partial charge in [-0.3, -0.25) is 4.98 Å². The van der Waals surface area contributed by atoms with Crippen molar-refractivity contribution < 1.29 is 18.3 Å². The summed E-state index contributed by atoms with van der Waals surface area (Å²) >= 11 is 0. The van der Waals surface area contributed by atoms with E-state index in [1.165, 1.54) is 12.1 Å². The molecule has 0 aliphatic carbocycles. The van der Waals surface area contributed by atoms with Crippen molar-refractivity contribution in [2.45, 2.75) is 17.9 Å². The summed E-state index contributed by atoms with van der Waals surface area (Å²) in [6.45, 7) is 1.61. The molecule has 0 radical (unpaired) electrons. The molecule has 5 aromatic rings. The van der Waals surface area contributed by atoms with E-state index in [4.69, 9.17) is 4.74 Å². The molecule has 0 bridgehead atoms. The number of aliphatic hydroxyl groups excluding tert-OH is 1. The number of aliphatic hydroxyl groups is 1. The van der Waals surface area contributed by atoms with Crippen LogP contribution in [0.1, 0.15) is 24.2 Å². The van der Waals surface area contributed by atoms with Crippen LogP contribution in [-0.2, 0) is 9.84 Å². The first kappa shape index (κ1) is 22.8. The van der Waals surface area contributed by atoms with Crippen molar-refractivity contribution in [2.24, 2.45) is 0 Å². The summed E-state index contributed by atoms with van der Waals surface area (Å²) in [7, 11) is -3.31. The quantitative estimate of drug-likeness (QED) is 0.324. The first-order valence-corrected chi connectivity index (χ1v) is 12.8. The number of imidazole rings is 1. The molecule has 0 amide bonds. The molecule has 0 spiro atoms. The summed E-state index contributed by atoms with van der Waals surface area (Å²) in [6.07, 6.45) is 0.751. The molecule has 5 rings (SSSR count). The Morgan fingerprint density at radius 1 is 0.971 bits per heavy atom. The summed E-state index contributed by atoms with van der Waals surface area (Å²) in [5.74, 6) is 1.49. The second-order valence-corrected chi connectivity index (χ2v) is 10.3. The van der Waals surface area contributed by atoms with Crippen molar-refractivity contribution in [1.29, 1.82) is 0 Å². The molecule has 3 aromatic carbocycles. The maximum atomic E-state index is 12.1. The standard InChI is InChI=1S/C27H23N3O4S/c1-2-35(32,33)20-13-11-19(12-14-20)34-25-17-24-23(29-27(30-24)22-10-6-7-15-28-22)16-21(25)26(31)18-8-4-3-5-9-18/h3-17,26,31H,2H2,1H3,(H,29,30). The van der Waals surface area contributed by atoms with E-state index in [1.54, 1.807) is 31.3 Å². The molecular formula is C27H23N3O4S. The Bertz CT molecular complexity index is 1570. The molecule has 0 saturated carbocycles. The van der Waals surface area contributed by atoms with Gasteiger partial charge in [0.25, 0.3) is 0 Å². The Kier molecular flexibility index (Phi) is 6.07. The number of sulfone groups is 1. The molecule has 2 heterocycles. The lowest BCUT2D eigenvalue weighted by molar-refractivity contribution is 0.216. The van der Waals surface area contributed by atoms with Gasteiger partial charge in [-0.25, -0.2) is 13.4 Å². The summed E-state index contributed by atoms with van der Waals surface area (Å²) in [6, 6.07) is 24.7. The van der Waals surface area contributed by atoms with Crippen molar-refractivity contribution >= 4 is 20.9 Å². The number of nitrogens with one attached hydrogen (secondary N) is 1. The van der Waals surface area contributed by atoms with Crippen molar-refractivity contribution in [3.05, 3.63) is 102 Å². The highest BCUT2D eigenvalue weighted by Crippen LogP contribution is 2.36. The molecule has 1 atom stereocenters. The number of hydrogen-bond donors (Lipinski definition) is 2. The fourth-order valence-electron chi connectivity index (χ4n) is 3.80. The lowest BCUT2D eigenvalue weighted by Crippen LogP contribution is -2.04. The maximum absolute atomic E-state index is 12.1. The van der Waals surface area contributed by atoms with E-state index in [1.807, 2.05) is 54.6 Å². The smallest absolute Gasteiger partial charge is 0.178 e. The Labute approximate surface area is 203 Å². The normalized spacial score (nSPS) is 12.5. The number of hydrogen-bond acceptors (Lipinski definition) is 6. The zero-order chi connectivity index (χ0) is 24.4. The van der Waals surface area contributed by atoms with Gasteiger partial charge in [0.15, 0.2) is 15.7 Å². The largest absolute Gasteiger partial charge is 0.457 e. The van der Waals surface area contributed by atoms with Gasteiger partial charge in [0.05, 0.1) is 21.7 Å². The van der Waals surface area contributed by atoms with E-state index < -0.39 is 15.9 Å². The molecule has 0 saturated heterocycles. The lowest BCUT2D eigenvalue weighted by atomic mass is 10.00. The average Bonchev–Trinajstić information content (AvgIpc) is 3.32. The van der Waals surface area contributed by atoms with Crippen LogP contribution in [0, 0.1) is 0 Å². The SMILES string of the molecule is CCS(=O)(=O)c1ccc(Oc2cc3nc(-c4ccccn4)[nH]c3cc2C(O)c2ccccc2)cc1. The Morgan fingerprint density at radius 3 is 2.40 bits per heavy atom. The number of H-pyrrole nitrogens is 1. The van der Waals surface area contributed by atoms with Gasteiger partial charge in [-0.15, -0.1) is 0 Å². The Balaban J connectivity index is 1.58. The molecule has 8 heteroatoms. The monoisotopic (exact) mass is 485 g/mol. The maximum Gasteiger partial charge on any atom is 0.178 e. The predicted molar refractivity (Wildman–Crippen MR) is 134 cm³/mol. The summed E-state index contributed by atoms with van der Waals surface area (Å²) < 4.78 is 30.4. The number of aromatic nitrogens is 3. The number of benzene rings is 3. The number of pyridine rings is 1. The second kappa shape index (κ2) is 9.32. The summed E-state index contributed by atoms with van der Waals surface area (Å²) in [5, 5.41) is 11.2. The zero-order valence-corrected chi connectivity index (χ0v) is 19.7. The molecule has 7 nitrogen and oxygen atoms in total. The van der Waals surface area contributed by atoms with Crippen LogP contribution in [0.15, 0.2) is 96.0 Å². The van der Waals surface area contributed by atoms with Crippen LogP contribution >= 0.6 is 0 Å². The van der Waals surface area contributed by atoms with Gasteiger partial charge in [-0.05, 0) is 48.0 Å². The topological polar surface area (TPSA) is 105 Å². The predicted octanol–water partition coefficient (Wildman–Crippen LogP) is 5.29. The number of fused-ring (bicyclic) bond motifs is 1. The minimum atomic E-state index is -3.31. The zero-order valence-electron chi connectivity index (χ0n) is 18.9. The Morgan fingerprint density at radius 2 is 1.71 bits per heavy atom. The number of rotatable bonds is 7. The molecule has 2 N–H and O–H groups in total. The first-order chi connectivity index (χ1) is 16.9. The van der Waals surface area contributed by atoms with E-state index in [-0.39, 0.29) is 10.6 Å². The van der Waals surface area contributed by atoms with E-state index >= 15 is 0 Å². The highest BCUT2D eigenvalue weighted by Gasteiger charge is 2.20. The summed E-state index contributed by atoms with van der Waals surface area (Å²) in [4.78, 5) is 12.5. The van der Waals surface area contributed by atoms with Gasteiger partial charge in [-0.1, -0.05) is 43.3 Å². The van der Waals surface area contributed by atoms with Crippen LogP contribution in [-0.4, -0.2) is 34.2 Å². The second-order valence-electron chi connectivity index (χ2n) is 8.00. The summed E-state index contributed by atoms with van der Waals surface area (Å²) in [5.41, 5.74) is 3.34. The van der Waals surface area contributed by atoms with Crippen LogP contribution in [0.25, 0.3) is 22.6 Å². The molecule has 2 aromatic heterocycles. The van der Waals surface area contributed by atoms with Crippen LogP contribution in [0.2, 0.25) is 0 Å². The minimum absolute atomic E-state index is 0.0229. The molecule has 0 fully saturated rings. The van der Waals surface area contributed by atoms with Gasteiger partial charge in [-0.2, -0.15) is 0 Å². The van der Waals surface area contributed by atoms with E-state index in [0.717, 1.165) is 5.52 Å². The van der Waals surface area contributed by atoms with E-state index in [2.05, 4.69) is 15.0 Å². The van der Waals surface area contributed by atoms with Gasteiger partial charge in [0.1, 0.15) is 23.3 Å². The van der Waals surface area contributed by atoms with Crippen molar-refractivity contribution in [2.75, 3.05) is 5.75 Å². The third-order valence-electron chi connectivity index (χ3n) is 5.72. The number of ether oxygens (including phenoxy) is 1. The highest BCUT2D eigenvalue weighted by molar-refractivity contribution is 7.91. The van der Waals surface area contributed by atoms with Gasteiger partial charge in [0.2, 0.25) is 0 Å². The van der Waals surface area contributed by atoms with Gasteiger partial charge < -0.3 is 14.8 Å². The van der Waals surface area contributed by atoms with Gasteiger partial charge in [0, 0.05) is 17.8 Å². The highest BCUT2D eigenvalue weighted by atomic mass is 32.2. The first-order valence-electron chi connectivity index (χ1n) is 11.1. The third kappa shape index (κ3) is 4.66. The number of nitrogens with zero attached hydrogens (tertiary/aromatic N) is 2. The van der Waals surface area contributed by atoms with Crippen molar-refractivity contribution in [3.8, 4) is 23.0 Å². The van der Waals surface area contributed by atoms with E-state index in [9.17, 15) is 13.5 Å². The van der Waals surface area contributed by atoms with Crippen LogP contribution < -0.4 is 4.74 Å². The van der Waals surface area contributed by atoms with E-state index in [0.29, 0.717) is 39.7 Å². The minimum Gasteiger partial charge on any atom is -0.457 e. The fourth-order valence-corrected chi connectivity index (χ4v) is 4.69. The Hall–Kier alpha value is -4.01. The third-order valence-corrected chi connectivity index (χ3v) is 7.47. The molecule has 1 unspecified atom stereocenters. The molecular weight excluding hydrogens is 462 g/mol. The van der Waals surface area contributed by atoms with Crippen LogP contribution in [0.3, 0.4) is 0 Å². The van der Waals surface area contributed by atoms with Gasteiger partial charge >= 0.3 is 0 Å². The van der Waals surface area contributed by atoms with Crippen LogP contribution in [0.4, 0.5) is 0 Å². The lowest BCUT2D eigenvalue weighted by Gasteiger charge is -2.17. The average molecular weight is 486 g/mol. The number of aromatic amines is 1. The fraction of sp³-hybridized carbons (Fsp3) is 0.111. The van der Waals surface area contributed by atoms with Crippen molar-refractivity contribution in [3.63, 3.8) is 0 Å². The molecule has 35 heavy (non-hydrogen) atoms. The molecule has 0 aliphatic heterocycles. The van der Waals surface area contributed by atoms with Crippen molar-refractivity contribution in [1.82, 2.24) is 15.0 Å². The molecule has 176 valence electrons.